The van der Waals surface area contributed by atoms with Crippen molar-refractivity contribution in [3.63, 3.8) is 0 Å². The molecule has 1 atom stereocenters. The first-order valence-electron chi connectivity index (χ1n) is 7.65. The Balaban J connectivity index is 2.19. The van der Waals surface area contributed by atoms with Crippen LogP contribution in [-0.2, 0) is 7.05 Å². The Morgan fingerprint density at radius 2 is 2.00 bits per heavy atom. The van der Waals surface area contributed by atoms with E-state index in [2.05, 4.69) is 44.2 Å². The van der Waals surface area contributed by atoms with E-state index >= 15 is 0 Å². The number of anilines is 1. The van der Waals surface area contributed by atoms with Crippen molar-refractivity contribution in [3.05, 3.63) is 47.8 Å². The lowest BCUT2D eigenvalue weighted by atomic mass is 9.82. The summed E-state index contributed by atoms with van der Waals surface area (Å²) in [6, 6.07) is 8.03. The van der Waals surface area contributed by atoms with Crippen LogP contribution in [0.1, 0.15) is 56.0 Å². The topological polar surface area (TPSA) is 46.9 Å². The number of carbonyl (C=O) groups is 1. The molecule has 2 rings (SSSR count). The van der Waals surface area contributed by atoms with Gasteiger partial charge in [-0.2, -0.15) is 5.10 Å². The summed E-state index contributed by atoms with van der Waals surface area (Å²) in [5, 5.41) is 7.06. The molecule has 0 saturated heterocycles. The van der Waals surface area contributed by atoms with Gasteiger partial charge in [0.15, 0.2) is 0 Å². The molecule has 1 N–H and O–H groups in total. The molecule has 22 heavy (non-hydrogen) atoms. The summed E-state index contributed by atoms with van der Waals surface area (Å²) < 4.78 is 1.63. The Hall–Kier alpha value is -2.10. The summed E-state index contributed by atoms with van der Waals surface area (Å²) in [5.41, 5.74) is 2.88. The fourth-order valence-electron chi connectivity index (χ4n) is 2.80. The van der Waals surface area contributed by atoms with E-state index in [0.29, 0.717) is 11.5 Å². The molecule has 1 aromatic heterocycles. The molecule has 1 amide bonds. The number of amides is 1. The molecule has 0 fully saturated rings. The predicted molar refractivity (Wildman–Crippen MR) is 90.1 cm³/mol. The molecule has 1 aromatic carbocycles. The number of nitrogens with zero attached hydrogens (tertiary/aromatic N) is 2. The van der Waals surface area contributed by atoms with E-state index < -0.39 is 0 Å². The lowest BCUT2D eigenvalue weighted by Crippen LogP contribution is -2.15. The van der Waals surface area contributed by atoms with E-state index in [0.717, 1.165) is 12.1 Å². The zero-order valence-corrected chi connectivity index (χ0v) is 14.1. The van der Waals surface area contributed by atoms with Crippen LogP contribution >= 0.6 is 0 Å². The number of aryl methyl sites for hydroxylation is 1. The Bertz CT molecular complexity index is 652. The fraction of sp³-hybridized carbons (Fsp3) is 0.444. The number of benzene rings is 1. The van der Waals surface area contributed by atoms with Crippen molar-refractivity contribution < 1.29 is 4.79 Å². The molecule has 0 aliphatic carbocycles. The zero-order chi connectivity index (χ0) is 16.3. The first kappa shape index (κ1) is 16.3. The van der Waals surface area contributed by atoms with Gasteiger partial charge in [0, 0.05) is 18.9 Å². The molecule has 0 aliphatic heterocycles. The minimum Gasteiger partial charge on any atom is -0.322 e. The van der Waals surface area contributed by atoms with Crippen molar-refractivity contribution in [2.75, 3.05) is 5.32 Å². The number of rotatable bonds is 4. The zero-order valence-electron chi connectivity index (χ0n) is 14.1. The molecule has 4 nitrogen and oxygen atoms in total. The van der Waals surface area contributed by atoms with Crippen molar-refractivity contribution in [1.82, 2.24) is 9.78 Å². The first-order valence-corrected chi connectivity index (χ1v) is 7.65. The predicted octanol–water partition coefficient (Wildman–Crippen LogP) is 4.21. The van der Waals surface area contributed by atoms with Crippen molar-refractivity contribution in [2.45, 2.75) is 40.0 Å². The highest BCUT2D eigenvalue weighted by Gasteiger charge is 2.19. The van der Waals surface area contributed by atoms with Crippen molar-refractivity contribution in [2.24, 2.45) is 12.5 Å². The maximum absolute atomic E-state index is 12.3. The second-order valence-electron chi connectivity index (χ2n) is 7.11. The molecule has 1 unspecified atom stereocenters. The third kappa shape index (κ3) is 4.20. The van der Waals surface area contributed by atoms with Gasteiger partial charge in [-0.1, -0.05) is 45.9 Å². The highest BCUT2D eigenvalue weighted by atomic mass is 16.1. The van der Waals surface area contributed by atoms with Crippen molar-refractivity contribution in [1.29, 1.82) is 0 Å². The number of aromatic nitrogens is 2. The van der Waals surface area contributed by atoms with E-state index in [1.807, 2.05) is 18.2 Å². The van der Waals surface area contributed by atoms with Crippen LogP contribution in [0.2, 0.25) is 0 Å². The molecular formula is C18H25N3O. The maximum atomic E-state index is 12.3. The standard InChI is InChI=1S/C18H25N3O/c1-13(10-18(2,3)4)15-8-6-7-9-16(15)20-17(22)14-11-19-21(5)12-14/h6-9,11-13H,10H2,1-5H3,(H,20,22). The van der Waals surface area contributed by atoms with E-state index in [4.69, 9.17) is 0 Å². The minimum atomic E-state index is -0.122. The average Bonchev–Trinajstić information content (AvgIpc) is 2.84. The van der Waals surface area contributed by atoms with Crippen molar-refractivity contribution >= 4 is 11.6 Å². The normalized spacial score (nSPS) is 13.0. The van der Waals surface area contributed by atoms with Gasteiger partial charge in [-0.25, -0.2) is 0 Å². The summed E-state index contributed by atoms with van der Waals surface area (Å²) in [5.74, 6) is 0.258. The highest BCUT2D eigenvalue weighted by molar-refractivity contribution is 6.04. The summed E-state index contributed by atoms with van der Waals surface area (Å²) in [6.45, 7) is 8.92. The molecular weight excluding hydrogens is 274 g/mol. The van der Waals surface area contributed by atoms with Gasteiger partial charge < -0.3 is 5.32 Å². The Morgan fingerprint density at radius 1 is 1.32 bits per heavy atom. The molecule has 118 valence electrons. The van der Waals surface area contributed by atoms with E-state index in [-0.39, 0.29) is 11.3 Å². The summed E-state index contributed by atoms with van der Waals surface area (Å²) >= 11 is 0. The Labute approximate surface area is 132 Å². The van der Waals surface area contributed by atoms with E-state index in [1.165, 1.54) is 5.56 Å². The molecule has 0 saturated carbocycles. The number of hydrogen-bond donors (Lipinski definition) is 1. The van der Waals surface area contributed by atoms with Crippen molar-refractivity contribution in [3.8, 4) is 0 Å². The number of carbonyl (C=O) groups excluding carboxylic acids is 1. The van der Waals surface area contributed by atoms with Gasteiger partial charge in [0.05, 0.1) is 11.8 Å². The van der Waals surface area contributed by atoms with Crippen LogP contribution in [-0.4, -0.2) is 15.7 Å². The Kier molecular flexibility index (Phi) is 4.69. The summed E-state index contributed by atoms with van der Waals surface area (Å²) in [6.07, 6.45) is 4.36. The van der Waals surface area contributed by atoms with Gasteiger partial charge in [0.25, 0.3) is 5.91 Å². The maximum Gasteiger partial charge on any atom is 0.258 e. The third-order valence-electron chi connectivity index (χ3n) is 3.63. The van der Waals surface area contributed by atoms with Gasteiger partial charge >= 0.3 is 0 Å². The average molecular weight is 299 g/mol. The largest absolute Gasteiger partial charge is 0.322 e. The second kappa shape index (κ2) is 6.34. The molecule has 4 heteroatoms. The number of para-hydroxylation sites is 1. The molecule has 2 aromatic rings. The molecule has 0 bridgehead atoms. The monoisotopic (exact) mass is 299 g/mol. The Morgan fingerprint density at radius 3 is 2.59 bits per heavy atom. The van der Waals surface area contributed by atoms with Crippen LogP contribution in [0.4, 0.5) is 5.69 Å². The SMILES string of the molecule is CC(CC(C)(C)C)c1ccccc1NC(=O)c1cnn(C)c1. The van der Waals surface area contributed by atoms with E-state index in [9.17, 15) is 4.79 Å². The van der Waals surface area contributed by atoms with Crippen LogP contribution in [0, 0.1) is 5.41 Å². The quantitative estimate of drug-likeness (QED) is 0.919. The summed E-state index contributed by atoms with van der Waals surface area (Å²) in [7, 11) is 1.80. The smallest absolute Gasteiger partial charge is 0.258 e. The third-order valence-corrected chi connectivity index (χ3v) is 3.63. The van der Waals surface area contributed by atoms with Gasteiger partial charge in [0.2, 0.25) is 0 Å². The minimum absolute atomic E-state index is 0.122. The van der Waals surface area contributed by atoms with Crippen LogP contribution in [0.3, 0.4) is 0 Å². The van der Waals surface area contributed by atoms with Gasteiger partial charge in [-0.05, 0) is 29.4 Å². The second-order valence-corrected chi connectivity index (χ2v) is 7.11. The van der Waals surface area contributed by atoms with Gasteiger partial charge in [-0.3, -0.25) is 9.48 Å². The molecule has 1 heterocycles. The highest BCUT2D eigenvalue weighted by Crippen LogP contribution is 2.34. The van der Waals surface area contributed by atoms with Crippen LogP contribution in [0.5, 0.6) is 0 Å². The van der Waals surface area contributed by atoms with Gasteiger partial charge in [-0.15, -0.1) is 0 Å². The van der Waals surface area contributed by atoms with Crippen LogP contribution in [0.25, 0.3) is 0 Å². The fourth-order valence-corrected chi connectivity index (χ4v) is 2.80. The lowest BCUT2D eigenvalue weighted by molar-refractivity contribution is 0.102. The van der Waals surface area contributed by atoms with Crippen LogP contribution in [0.15, 0.2) is 36.7 Å². The van der Waals surface area contributed by atoms with Gasteiger partial charge in [0.1, 0.15) is 0 Å². The van der Waals surface area contributed by atoms with E-state index in [1.54, 1.807) is 24.1 Å². The molecule has 0 aliphatic rings. The van der Waals surface area contributed by atoms with Crippen LogP contribution < -0.4 is 5.32 Å². The molecule has 0 radical (unpaired) electrons. The number of nitrogens with one attached hydrogen (secondary N) is 1. The molecule has 0 spiro atoms. The lowest BCUT2D eigenvalue weighted by Gasteiger charge is -2.25. The first-order chi connectivity index (χ1) is 10.3. The number of hydrogen-bond acceptors (Lipinski definition) is 2. The summed E-state index contributed by atoms with van der Waals surface area (Å²) in [4.78, 5) is 12.3.